The van der Waals surface area contributed by atoms with E-state index in [1.807, 2.05) is 30.3 Å². The Morgan fingerprint density at radius 3 is 2.68 bits per heavy atom. The zero-order chi connectivity index (χ0) is 15.4. The average molecular weight is 305 g/mol. The third-order valence-corrected chi connectivity index (χ3v) is 4.68. The highest BCUT2D eigenvalue weighted by Crippen LogP contribution is 2.33. The Bertz CT molecular complexity index is 499. The van der Waals surface area contributed by atoms with Crippen molar-refractivity contribution in [1.29, 1.82) is 0 Å². The quantitative estimate of drug-likeness (QED) is 0.795. The molecule has 0 radical (unpaired) electrons. The molecule has 5 heteroatoms. The minimum Gasteiger partial charge on any atom is -0.489 e. The Morgan fingerprint density at radius 1 is 1.27 bits per heavy atom. The molecule has 5 nitrogen and oxygen atoms in total. The number of carbonyl (C=O) groups excluding carboxylic acids is 1. The fraction of sp³-hybridized carbons (Fsp3) is 0.588. The molecule has 1 atom stereocenters. The van der Waals surface area contributed by atoms with Crippen LogP contribution >= 0.6 is 0 Å². The number of hydrogen-bond acceptors (Lipinski definition) is 5. The standard InChI is InChI=1S/C17H23NO4/c1-20-16(19)17(8-11-21-12-9-17)18-10-7-15(13-18)22-14-5-3-2-4-6-14/h2-6,15H,7-13H2,1H3/t15-/m1/s1. The molecule has 0 unspecified atom stereocenters. The van der Waals surface area contributed by atoms with Gasteiger partial charge in [0.15, 0.2) is 0 Å². The van der Waals surface area contributed by atoms with Crippen molar-refractivity contribution in [2.75, 3.05) is 33.4 Å². The molecule has 1 aromatic rings. The third-order valence-electron chi connectivity index (χ3n) is 4.68. The Morgan fingerprint density at radius 2 is 2.00 bits per heavy atom. The molecule has 0 amide bonds. The normalized spacial score (nSPS) is 24.9. The van der Waals surface area contributed by atoms with Gasteiger partial charge in [-0.15, -0.1) is 0 Å². The summed E-state index contributed by atoms with van der Waals surface area (Å²) in [6.45, 7) is 2.82. The van der Waals surface area contributed by atoms with Gasteiger partial charge in [0.1, 0.15) is 17.4 Å². The molecule has 0 bridgehead atoms. The van der Waals surface area contributed by atoms with E-state index < -0.39 is 5.54 Å². The molecule has 0 N–H and O–H groups in total. The summed E-state index contributed by atoms with van der Waals surface area (Å²) in [5.74, 6) is 0.740. The molecule has 0 saturated carbocycles. The Kier molecular flexibility index (Phi) is 4.64. The Labute approximate surface area is 131 Å². The van der Waals surface area contributed by atoms with E-state index in [1.165, 1.54) is 7.11 Å². The molecule has 0 aromatic heterocycles. The number of para-hydroxylation sites is 1. The average Bonchev–Trinajstić information content (AvgIpc) is 3.04. The molecular weight excluding hydrogens is 282 g/mol. The predicted octanol–water partition coefficient (Wildman–Crippen LogP) is 1.86. The summed E-state index contributed by atoms with van der Waals surface area (Å²) >= 11 is 0. The second-order valence-electron chi connectivity index (χ2n) is 5.92. The van der Waals surface area contributed by atoms with Gasteiger partial charge in [0, 0.05) is 26.3 Å². The molecule has 2 fully saturated rings. The lowest BCUT2D eigenvalue weighted by molar-refractivity contribution is -0.161. The number of methoxy groups -OCH3 is 1. The van der Waals surface area contributed by atoms with Crippen LogP contribution in [0.2, 0.25) is 0 Å². The van der Waals surface area contributed by atoms with Gasteiger partial charge in [0.2, 0.25) is 0 Å². The first kappa shape index (κ1) is 15.3. The Balaban J connectivity index is 1.68. The summed E-state index contributed by atoms with van der Waals surface area (Å²) in [7, 11) is 1.47. The second-order valence-corrected chi connectivity index (χ2v) is 5.92. The lowest BCUT2D eigenvalue weighted by atomic mass is 9.88. The number of benzene rings is 1. The van der Waals surface area contributed by atoms with E-state index in [0.29, 0.717) is 26.1 Å². The third kappa shape index (κ3) is 2.96. The monoisotopic (exact) mass is 305 g/mol. The van der Waals surface area contributed by atoms with E-state index in [4.69, 9.17) is 14.2 Å². The topological polar surface area (TPSA) is 48.0 Å². The molecule has 1 aromatic carbocycles. The fourth-order valence-corrected chi connectivity index (χ4v) is 3.45. The van der Waals surface area contributed by atoms with Crippen molar-refractivity contribution in [3.8, 4) is 5.75 Å². The largest absolute Gasteiger partial charge is 0.489 e. The van der Waals surface area contributed by atoms with Gasteiger partial charge < -0.3 is 14.2 Å². The lowest BCUT2D eigenvalue weighted by Crippen LogP contribution is -2.57. The van der Waals surface area contributed by atoms with Crippen LogP contribution in [0.3, 0.4) is 0 Å². The summed E-state index contributed by atoms with van der Waals surface area (Å²) < 4.78 is 16.5. The van der Waals surface area contributed by atoms with Crippen LogP contribution in [-0.2, 0) is 14.3 Å². The van der Waals surface area contributed by atoms with Crippen molar-refractivity contribution in [2.24, 2.45) is 0 Å². The minimum atomic E-state index is -0.540. The number of hydrogen-bond donors (Lipinski definition) is 0. The number of carbonyl (C=O) groups is 1. The van der Waals surface area contributed by atoms with E-state index in [2.05, 4.69) is 4.90 Å². The van der Waals surface area contributed by atoms with Crippen LogP contribution in [0, 0.1) is 0 Å². The minimum absolute atomic E-state index is 0.117. The van der Waals surface area contributed by atoms with Gasteiger partial charge >= 0.3 is 5.97 Å². The highest BCUT2D eigenvalue weighted by Gasteiger charge is 2.48. The maximum absolute atomic E-state index is 12.4. The van der Waals surface area contributed by atoms with Crippen molar-refractivity contribution in [1.82, 2.24) is 4.90 Å². The number of likely N-dealkylation sites (tertiary alicyclic amines) is 1. The van der Waals surface area contributed by atoms with Crippen molar-refractivity contribution < 1.29 is 19.0 Å². The van der Waals surface area contributed by atoms with Gasteiger partial charge in [-0.25, -0.2) is 0 Å². The number of nitrogens with zero attached hydrogens (tertiary/aromatic N) is 1. The van der Waals surface area contributed by atoms with E-state index in [-0.39, 0.29) is 12.1 Å². The first-order valence-electron chi connectivity index (χ1n) is 7.87. The summed E-state index contributed by atoms with van der Waals surface area (Å²) in [5.41, 5.74) is -0.540. The number of esters is 1. The molecule has 120 valence electrons. The number of ether oxygens (including phenoxy) is 3. The fourth-order valence-electron chi connectivity index (χ4n) is 3.45. The summed E-state index contributed by atoms with van der Waals surface area (Å²) in [6.07, 6.45) is 2.43. The van der Waals surface area contributed by atoms with Crippen LogP contribution in [0.5, 0.6) is 5.75 Å². The van der Waals surface area contributed by atoms with E-state index in [1.54, 1.807) is 0 Å². The van der Waals surface area contributed by atoms with Crippen LogP contribution in [0.4, 0.5) is 0 Å². The molecule has 2 aliphatic heterocycles. The molecule has 3 rings (SSSR count). The van der Waals surface area contributed by atoms with Crippen LogP contribution < -0.4 is 4.74 Å². The first-order valence-corrected chi connectivity index (χ1v) is 7.87. The predicted molar refractivity (Wildman–Crippen MR) is 81.8 cm³/mol. The van der Waals surface area contributed by atoms with Crippen molar-refractivity contribution in [3.63, 3.8) is 0 Å². The summed E-state index contributed by atoms with van der Waals surface area (Å²) in [5, 5.41) is 0. The highest BCUT2D eigenvalue weighted by molar-refractivity contribution is 5.81. The van der Waals surface area contributed by atoms with E-state index in [0.717, 1.165) is 25.3 Å². The van der Waals surface area contributed by atoms with Gasteiger partial charge in [-0.3, -0.25) is 9.69 Å². The molecule has 2 saturated heterocycles. The van der Waals surface area contributed by atoms with Crippen LogP contribution in [0.1, 0.15) is 19.3 Å². The molecular formula is C17H23NO4. The van der Waals surface area contributed by atoms with Gasteiger partial charge in [0.05, 0.1) is 7.11 Å². The second kappa shape index (κ2) is 6.67. The zero-order valence-electron chi connectivity index (χ0n) is 13.0. The molecule has 2 heterocycles. The molecule has 0 spiro atoms. The molecule has 2 aliphatic rings. The van der Waals surface area contributed by atoms with Gasteiger partial charge in [0.25, 0.3) is 0 Å². The van der Waals surface area contributed by atoms with E-state index >= 15 is 0 Å². The molecule has 22 heavy (non-hydrogen) atoms. The zero-order valence-corrected chi connectivity index (χ0v) is 13.0. The maximum atomic E-state index is 12.4. The maximum Gasteiger partial charge on any atom is 0.326 e. The first-order chi connectivity index (χ1) is 10.7. The van der Waals surface area contributed by atoms with Crippen LogP contribution in [-0.4, -0.2) is 55.9 Å². The van der Waals surface area contributed by atoms with Crippen LogP contribution in [0.25, 0.3) is 0 Å². The highest BCUT2D eigenvalue weighted by atomic mass is 16.5. The summed E-state index contributed by atoms with van der Waals surface area (Å²) in [6, 6.07) is 9.84. The number of rotatable bonds is 4. The molecule has 0 aliphatic carbocycles. The Hall–Kier alpha value is -1.59. The lowest BCUT2D eigenvalue weighted by Gasteiger charge is -2.41. The van der Waals surface area contributed by atoms with E-state index in [9.17, 15) is 4.79 Å². The SMILES string of the molecule is COC(=O)C1(N2CC[C@@H](Oc3ccccc3)C2)CCOCC1. The van der Waals surface area contributed by atoms with Crippen molar-refractivity contribution in [2.45, 2.75) is 30.9 Å². The van der Waals surface area contributed by atoms with Gasteiger partial charge in [-0.1, -0.05) is 18.2 Å². The smallest absolute Gasteiger partial charge is 0.326 e. The van der Waals surface area contributed by atoms with Crippen molar-refractivity contribution in [3.05, 3.63) is 30.3 Å². The van der Waals surface area contributed by atoms with Gasteiger partial charge in [-0.05, 0) is 31.4 Å². The van der Waals surface area contributed by atoms with Gasteiger partial charge in [-0.2, -0.15) is 0 Å². The van der Waals surface area contributed by atoms with Crippen molar-refractivity contribution >= 4 is 5.97 Å². The summed E-state index contributed by atoms with van der Waals surface area (Å²) in [4.78, 5) is 14.6. The van der Waals surface area contributed by atoms with Crippen LogP contribution in [0.15, 0.2) is 30.3 Å².